The Bertz CT molecular complexity index is 396. The molecule has 104 valence electrons. The highest BCUT2D eigenvalue weighted by Gasteiger charge is 2.13. The molecule has 2 rings (SSSR count). The quantitative estimate of drug-likeness (QED) is 0.830. The predicted octanol–water partition coefficient (Wildman–Crippen LogP) is 2.84. The van der Waals surface area contributed by atoms with Crippen LogP contribution in [0.25, 0.3) is 0 Å². The molecule has 1 aliphatic heterocycles. The molecule has 1 aliphatic rings. The first kappa shape index (κ1) is 13.9. The number of hydrogen-bond donors (Lipinski definition) is 1. The van der Waals surface area contributed by atoms with Gasteiger partial charge in [-0.15, -0.1) is 0 Å². The Labute approximate surface area is 114 Å². The van der Waals surface area contributed by atoms with Crippen molar-refractivity contribution in [1.82, 2.24) is 0 Å². The monoisotopic (exact) mass is 263 g/mol. The Kier molecular flexibility index (Phi) is 5.21. The van der Waals surface area contributed by atoms with Crippen LogP contribution in [0.5, 0.6) is 0 Å². The van der Waals surface area contributed by atoms with Crippen molar-refractivity contribution in [3.8, 4) is 0 Å². The van der Waals surface area contributed by atoms with Gasteiger partial charge in [0.1, 0.15) is 0 Å². The lowest BCUT2D eigenvalue weighted by atomic mass is 10.1. The van der Waals surface area contributed by atoms with Crippen molar-refractivity contribution in [2.75, 3.05) is 25.1 Å². The Morgan fingerprint density at radius 3 is 2.63 bits per heavy atom. The molecule has 0 atom stereocenters. The van der Waals surface area contributed by atoms with E-state index in [1.807, 2.05) is 19.1 Å². The van der Waals surface area contributed by atoms with Crippen LogP contribution >= 0.6 is 0 Å². The molecular weight excluding hydrogens is 242 g/mol. The van der Waals surface area contributed by atoms with Gasteiger partial charge < -0.3 is 14.8 Å². The molecule has 0 radical (unpaired) electrons. The van der Waals surface area contributed by atoms with Gasteiger partial charge >= 0.3 is 5.97 Å². The summed E-state index contributed by atoms with van der Waals surface area (Å²) in [6.45, 7) is 4.09. The second kappa shape index (κ2) is 7.14. The number of hydrogen-bond acceptors (Lipinski definition) is 4. The fourth-order valence-electron chi connectivity index (χ4n) is 2.06. The zero-order valence-corrected chi connectivity index (χ0v) is 11.4. The summed E-state index contributed by atoms with van der Waals surface area (Å²) in [5.74, 6) is -0.250. The fraction of sp³-hybridized carbons (Fsp3) is 0.533. The minimum atomic E-state index is -0.250. The molecular formula is C15H21NO3. The van der Waals surface area contributed by atoms with E-state index < -0.39 is 0 Å². The topological polar surface area (TPSA) is 47.6 Å². The third-order valence-corrected chi connectivity index (χ3v) is 3.15. The lowest BCUT2D eigenvalue weighted by Crippen LogP contribution is -2.27. The summed E-state index contributed by atoms with van der Waals surface area (Å²) in [5.41, 5.74) is 1.64. The van der Waals surface area contributed by atoms with Crippen LogP contribution in [0, 0.1) is 0 Å². The minimum absolute atomic E-state index is 0.250. The van der Waals surface area contributed by atoms with Gasteiger partial charge in [-0.1, -0.05) is 6.92 Å². The average Bonchev–Trinajstić information content (AvgIpc) is 2.46. The second-order valence-electron chi connectivity index (χ2n) is 4.74. The fourth-order valence-corrected chi connectivity index (χ4v) is 2.06. The summed E-state index contributed by atoms with van der Waals surface area (Å²) in [5, 5.41) is 3.46. The second-order valence-corrected chi connectivity index (χ2v) is 4.74. The van der Waals surface area contributed by atoms with Crippen LogP contribution < -0.4 is 5.32 Å². The number of ether oxygens (including phenoxy) is 2. The van der Waals surface area contributed by atoms with Gasteiger partial charge in [-0.05, 0) is 43.5 Å². The highest BCUT2D eigenvalue weighted by Crippen LogP contribution is 2.16. The molecule has 1 N–H and O–H groups in total. The van der Waals surface area contributed by atoms with E-state index in [0.717, 1.165) is 38.2 Å². The normalized spacial score (nSPS) is 16.1. The van der Waals surface area contributed by atoms with Gasteiger partial charge in [-0.3, -0.25) is 0 Å². The number of carbonyl (C=O) groups excluding carboxylic acids is 1. The molecule has 0 spiro atoms. The number of esters is 1. The standard InChI is InChI=1S/C15H21NO3/c1-2-9-19-15(17)12-3-5-13(6-4-12)16-14-7-10-18-11-8-14/h3-6,14,16H,2,7-11H2,1H3. The van der Waals surface area contributed by atoms with E-state index in [0.29, 0.717) is 18.2 Å². The molecule has 0 saturated carbocycles. The van der Waals surface area contributed by atoms with Crippen LogP contribution in [0.3, 0.4) is 0 Å². The van der Waals surface area contributed by atoms with E-state index in [2.05, 4.69) is 5.32 Å². The van der Waals surface area contributed by atoms with E-state index in [1.54, 1.807) is 12.1 Å². The number of carbonyl (C=O) groups is 1. The first-order chi connectivity index (χ1) is 9.29. The summed E-state index contributed by atoms with van der Waals surface area (Å²) in [6.07, 6.45) is 2.90. The third-order valence-electron chi connectivity index (χ3n) is 3.15. The molecule has 0 unspecified atom stereocenters. The molecule has 4 heteroatoms. The summed E-state index contributed by atoms with van der Waals surface area (Å²) < 4.78 is 10.4. The minimum Gasteiger partial charge on any atom is -0.462 e. The Hall–Kier alpha value is -1.55. The average molecular weight is 263 g/mol. The Morgan fingerprint density at radius 1 is 1.32 bits per heavy atom. The molecule has 0 bridgehead atoms. The maximum atomic E-state index is 11.6. The van der Waals surface area contributed by atoms with Gasteiger partial charge in [0.05, 0.1) is 12.2 Å². The van der Waals surface area contributed by atoms with Gasteiger partial charge in [0.2, 0.25) is 0 Å². The molecule has 0 amide bonds. The molecule has 0 aromatic heterocycles. The maximum absolute atomic E-state index is 11.6. The van der Waals surface area contributed by atoms with Gasteiger partial charge in [-0.25, -0.2) is 4.79 Å². The van der Waals surface area contributed by atoms with Gasteiger partial charge in [-0.2, -0.15) is 0 Å². The van der Waals surface area contributed by atoms with Crippen molar-refractivity contribution in [3.63, 3.8) is 0 Å². The van der Waals surface area contributed by atoms with Crippen molar-refractivity contribution < 1.29 is 14.3 Å². The zero-order chi connectivity index (χ0) is 13.5. The number of anilines is 1. The molecule has 1 aromatic rings. The Balaban J connectivity index is 1.88. The van der Waals surface area contributed by atoms with Crippen LogP contribution in [0.4, 0.5) is 5.69 Å². The number of rotatable bonds is 5. The van der Waals surface area contributed by atoms with Gasteiger partial charge in [0.25, 0.3) is 0 Å². The van der Waals surface area contributed by atoms with E-state index in [9.17, 15) is 4.79 Å². The van der Waals surface area contributed by atoms with Crippen LogP contribution in [-0.2, 0) is 9.47 Å². The van der Waals surface area contributed by atoms with Crippen LogP contribution in [0.1, 0.15) is 36.5 Å². The molecule has 1 saturated heterocycles. The van der Waals surface area contributed by atoms with Crippen LogP contribution in [0.15, 0.2) is 24.3 Å². The van der Waals surface area contributed by atoms with Crippen molar-refractivity contribution in [2.24, 2.45) is 0 Å². The van der Waals surface area contributed by atoms with Crippen LogP contribution in [-0.4, -0.2) is 31.8 Å². The summed E-state index contributed by atoms with van der Waals surface area (Å²) in [4.78, 5) is 11.6. The largest absolute Gasteiger partial charge is 0.462 e. The van der Waals surface area contributed by atoms with Gasteiger partial charge in [0, 0.05) is 24.9 Å². The first-order valence-corrected chi connectivity index (χ1v) is 6.91. The van der Waals surface area contributed by atoms with E-state index in [4.69, 9.17) is 9.47 Å². The summed E-state index contributed by atoms with van der Waals surface area (Å²) >= 11 is 0. The molecule has 4 nitrogen and oxygen atoms in total. The lowest BCUT2D eigenvalue weighted by molar-refractivity contribution is 0.0505. The van der Waals surface area contributed by atoms with Crippen molar-refractivity contribution in [2.45, 2.75) is 32.2 Å². The summed E-state index contributed by atoms with van der Waals surface area (Å²) in [6, 6.07) is 7.93. The molecule has 1 aromatic carbocycles. The third kappa shape index (κ3) is 4.24. The molecule has 1 heterocycles. The zero-order valence-electron chi connectivity index (χ0n) is 11.4. The highest BCUT2D eigenvalue weighted by molar-refractivity contribution is 5.89. The number of nitrogens with one attached hydrogen (secondary N) is 1. The number of benzene rings is 1. The maximum Gasteiger partial charge on any atom is 0.338 e. The smallest absolute Gasteiger partial charge is 0.338 e. The van der Waals surface area contributed by atoms with E-state index in [-0.39, 0.29) is 5.97 Å². The van der Waals surface area contributed by atoms with E-state index >= 15 is 0 Å². The summed E-state index contributed by atoms with van der Waals surface area (Å²) in [7, 11) is 0. The van der Waals surface area contributed by atoms with Crippen molar-refractivity contribution >= 4 is 11.7 Å². The molecule has 19 heavy (non-hydrogen) atoms. The predicted molar refractivity (Wildman–Crippen MR) is 74.5 cm³/mol. The van der Waals surface area contributed by atoms with E-state index in [1.165, 1.54) is 0 Å². The SMILES string of the molecule is CCCOC(=O)c1ccc(NC2CCOCC2)cc1. The first-order valence-electron chi connectivity index (χ1n) is 6.91. The van der Waals surface area contributed by atoms with Crippen molar-refractivity contribution in [3.05, 3.63) is 29.8 Å². The highest BCUT2D eigenvalue weighted by atomic mass is 16.5. The molecule has 1 fully saturated rings. The lowest BCUT2D eigenvalue weighted by Gasteiger charge is -2.24. The Morgan fingerprint density at radius 2 is 2.00 bits per heavy atom. The molecule has 0 aliphatic carbocycles. The van der Waals surface area contributed by atoms with Gasteiger partial charge in [0.15, 0.2) is 0 Å². The van der Waals surface area contributed by atoms with Crippen LogP contribution in [0.2, 0.25) is 0 Å². The van der Waals surface area contributed by atoms with Crippen molar-refractivity contribution in [1.29, 1.82) is 0 Å².